The minimum Gasteiger partial charge on any atom is -0.497 e. The lowest BCUT2D eigenvalue weighted by molar-refractivity contribution is 0.413. The Morgan fingerprint density at radius 1 is 0.295 bits per heavy atom. The molecule has 10 aromatic carbocycles. The first-order chi connectivity index (χ1) is 38.2. The van der Waals surface area contributed by atoms with E-state index >= 15 is 0 Å². The predicted octanol–water partition coefficient (Wildman–Crippen LogP) is 18.3. The smallest absolute Gasteiger partial charge is 0.119 e. The van der Waals surface area contributed by atoms with Crippen LogP contribution < -0.4 is 14.2 Å². The fraction of sp³-hybridized carbons (Fsp3) is 0.167. The van der Waals surface area contributed by atoms with Crippen molar-refractivity contribution in [2.75, 3.05) is 21.3 Å². The molecule has 0 unspecified atom stereocenters. The summed E-state index contributed by atoms with van der Waals surface area (Å²) in [7, 11) is 5.34. The Kier molecular flexibility index (Phi) is 13.2. The first-order valence-corrected chi connectivity index (χ1v) is 29.2. The third-order valence-electron chi connectivity index (χ3n) is 17.3. The van der Waals surface area contributed by atoms with Crippen molar-refractivity contribution >= 4 is 47.8 Å². The highest BCUT2D eigenvalue weighted by Gasteiger charge is 2.58. The van der Waals surface area contributed by atoms with Crippen LogP contribution in [0.15, 0.2) is 232 Å². The Morgan fingerprint density at radius 2 is 0.564 bits per heavy atom. The molecule has 10 aromatic rings. The lowest BCUT2D eigenvalue weighted by Crippen LogP contribution is -2.36. The largest absolute Gasteiger partial charge is 0.497 e. The monoisotopic (exact) mass is 1210 g/mol. The Labute approximate surface area is 483 Å². The van der Waals surface area contributed by atoms with Gasteiger partial charge in [-0.1, -0.05) is 212 Å². The molecule has 3 atom stereocenters. The molecule has 78 heavy (non-hydrogen) atoms. The Balaban J connectivity index is 1.27. The standard InChI is InChI=1S/C72H57Br3O3/c1-76-52-25-16-19-46(37-52)40-70(43-49-22-4-13-34-61(49)73)58-31-10-7-28-55(58)64-67(70)65-56-29-8-11-32-59(56)71(44-50-23-5-14-35-62(50)74,41-47-20-17-26-53(38-47)77-2)69(65)66-57-30-9-12-33-60(57)72(68(64)66,45-51-24-6-15-36-63(51)75)42-48-21-18-27-54(39-48)78-3/h4-39H,40-45H2,1-3H3/t70-,71-,72-/m1/s1. The number of hydrogen-bond donors (Lipinski definition) is 0. The van der Waals surface area contributed by atoms with Crippen molar-refractivity contribution in [3.63, 3.8) is 0 Å². The summed E-state index contributed by atoms with van der Waals surface area (Å²) in [5.41, 5.74) is 21.9. The van der Waals surface area contributed by atoms with Gasteiger partial charge in [-0.15, -0.1) is 0 Å². The molecule has 3 nitrogen and oxygen atoms in total. The van der Waals surface area contributed by atoms with Crippen molar-refractivity contribution in [2.24, 2.45) is 0 Å². The first kappa shape index (κ1) is 50.5. The Bertz CT molecular complexity index is 3550. The number of methoxy groups -OCH3 is 3. The molecule has 13 rings (SSSR count). The summed E-state index contributed by atoms with van der Waals surface area (Å²) < 4.78 is 21.5. The maximum Gasteiger partial charge on any atom is 0.119 e. The zero-order valence-corrected chi connectivity index (χ0v) is 48.6. The van der Waals surface area contributed by atoms with Crippen molar-refractivity contribution in [1.82, 2.24) is 0 Å². The molecule has 0 heterocycles. The van der Waals surface area contributed by atoms with Crippen molar-refractivity contribution in [3.05, 3.63) is 299 Å². The third-order valence-corrected chi connectivity index (χ3v) is 19.7. The van der Waals surface area contributed by atoms with Crippen LogP contribution in [0.1, 0.15) is 66.8 Å². The first-order valence-electron chi connectivity index (χ1n) is 26.8. The summed E-state index contributed by atoms with van der Waals surface area (Å²) >= 11 is 12.4. The summed E-state index contributed by atoms with van der Waals surface area (Å²) in [5.74, 6) is 2.56. The lowest BCUT2D eigenvalue weighted by Gasteiger charge is -2.40. The van der Waals surface area contributed by atoms with E-state index in [9.17, 15) is 0 Å². The Hall–Kier alpha value is -6.96. The second kappa shape index (κ2) is 20.4. The van der Waals surface area contributed by atoms with E-state index in [0.29, 0.717) is 0 Å². The minimum atomic E-state index is -0.586. The van der Waals surface area contributed by atoms with E-state index in [2.05, 4.69) is 266 Å². The molecule has 0 aliphatic heterocycles. The van der Waals surface area contributed by atoms with Gasteiger partial charge in [0.15, 0.2) is 0 Å². The van der Waals surface area contributed by atoms with E-state index in [-0.39, 0.29) is 0 Å². The average molecular weight is 1210 g/mol. The van der Waals surface area contributed by atoms with Gasteiger partial charge in [0.25, 0.3) is 0 Å². The molecule has 0 bridgehead atoms. The molecule has 0 radical (unpaired) electrons. The van der Waals surface area contributed by atoms with Crippen molar-refractivity contribution in [2.45, 2.75) is 54.8 Å². The fourth-order valence-corrected chi connectivity index (χ4v) is 15.6. The maximum atomic E-state index is 6.05. The van der Waals surface area contributed by atoms with Crippen LogP contribution in [-0.4, -0.2) is 21.3 Å². The third kappa shape index (κ3) is 8.23. The van der Waals surface area contributed by atoms with Gasteiger partial charge < -0.3 is 14.2 Å². The van der Waals surface area contributed by atoms with Crippen LogP contribution in [0.25, 0.3) is 33.4 Å². The topological polar surface area (TPSA) is 27.7 Å². The zero-order chi connectivity index (χ0) is 53.2. The highest BCUT2D eigenvalue weighted by molar-refractivity contribution is 9.11. The quantitative estimate of drug-likeness (QED) is 0.102. The van der Waals surface area contributed by atoms with Crippen molar-refractivity contribution in [3.8, 4) is 50.6 Å². The SMILES string of the molecule is COc1cccc(C[C@@]2(Cc3ccccc3Br)c3ccccc3-c3c2c2c(c4c3[C@](Cc3cccc(OC)c3)(Cc3ccccc3Br)c3ccccc3-4)[C@](Cc3cccc(OC)c3)(Cc3ccccc3Br)c3ccccc3-2)c1. The van der Waals surface area contributed by atoms with E-state index in [1.165, 1.54) is 100 Å². The Morgan fingerprint density at radius 3 is 0.846 bits per heavy atom. The van der Waals surface area contributed by atoms with Crippen LogP contribution in [0.3, 0.4) is 0 Å². The van der Waals surface area contributed by atoms with Crippen molar-refractivity contribution in [1.29, 1.82) is 0 Å². The molecule has 0 N–H and O–H groups in total. The normalized spacial score (nSPS) is 18.1. The van der Waals surface area contributed by atoms with Gasteiger partial charge in [0.05, 0.1) is 21.3 Å². The number of halogens is 3. The van der Waals surface area contributed by atoms with E-state index in [1.807, 2.05) is 0 Å². The number of fused-ring (bicyclic) bond motifs is 12. The van der Waals surface area contributed by atoms with Crippen LogP contribution in [0.2, 0.25) is 0 Å². The molecule has 3 aliphatic carbocycles. The minimum absolute atomic E-state index is 0.586. The molecule has 3 aliphatic rings. The van der Waals surface area contributed by atoms with Gasteiger partial charge in [0.2, 0.25) is 0 Å². The van der Waals surface area contributed by atoms with E-state index in [0.717, 1.165) is 69.2 Å². The number of benzene rings is 10. The van der Waals surface area contributed by atoms with Gasteiger partial charge in [0.1, 0.15) is 17.2 Å². The fourth-order valence-electron chi connectivity index (χ4n) is 14.3. The number of ether oxygens (including phenoxy) is 3. The lowest BCUT2D eigenvalue weighted by atomic mass is 9.62. The summed E-state index contributed by atoms with van der Waals surface area (Å²) in [6, 6.07) is 81.4. The van der Waals surface area contributed by atoms with Crippen molar-refractivity contribution < 1.29 is 14.2 Å². The highest BCUT2D eigenvalue weighted by atomic mass is 79.9. The molecule has 6 heteroatoms. The maximum absolute atomic E-state index is 6.05. The zero-order valence-electron chi connectivity index (χ0n) is 43.9. The van der Waals surface area contributed by atoms with E-state index in [1.54, 1.807) is 21.3 Å². The summed E-state index contributed by atoms with van der Waals surface area (Å²) in [5, 5.41) is 0. The molecular formula is C72H57Br3O3. The van der Waals surface area contributed by atoms with Crippen LogP contribution in [0.4, 0.5) is 0 Å². The van der Waals surface area contributed by atoms with E-state index < -0.39 is 16.2 Å². The molecule has 0 amide bonds. The van der Waals surface area contributed by atoms with Crippen LogP contribution in [-0.2, 0) is 54.8 Å². The van der Waals surface area contributed by atoms with Gasteiger partial charge in [-0.3, -0.25) is 0 Å². The van der Waals surface area contributed by atoms with Gasteiger partial charge in [0, 0.05) is 29.7 Å². The summed E-state index contributed by atoms with van der Waals surface area (Å²) in [6.07, 6.45) is 4.44. The predicted molar refractivity (Wildman–Crippen MR) is 329 cm³/mol. The summed E-state index contributed by atoms with van der Waals surface area (Å²) in [4.78, 5) is 0. The average Bonchev–Trinajstić information content (AvgIpc) is 4.21. The molecule has 0 fully saturated rings. The van der Waals surface area contributed by atoms with Crippen LogP contribution in [0, 0.1) is 0 Å². The number of hydrogen-bond acceptors (Lipinski definition) is 3. The molecule has 0 saturated heterocycles. The van der Waals surface area contributed by atoms with Gasteiger partial charge >= 0.3 is 0 Å². The second-order valence-corrected chi connectivity index (χ2v) is 24.1. The molecular weight excluding hydrogens is 1150 g/mol. The second-order valence-electron chi connectivity index (χ2n) is 21.5. The van der Waals surface area contributed by atoms with E-state index in [4.69, 9.17) is 14.2 Å². The van der Waals surface area contributed by atoms with Crippen LogP contribution >= 0.6 is 47.8 Å². The molecule has 0 spiro atoms. The summed E-state index contributed by atoms with van der Waals surface area (Å²) in [6.45, 7) is 0. The van der Waals surface area contributed by atoms with Gasteiger partial charge in [-0.2, -0.15) is 0 Å². The number of rotatable bonds is 15. The molecule has 384 valence electrons. The molecule has 0 saturated carbocycles. The highest BCUT2D eigenvalue weighted by Crippen LogP contribution is 2.70. The van der Waals surface area contributed by atoms with Gasteiger partial charge in [-0.05, 0) is 193 Å². The van der Waals surface area contributed by atoms with Gasteiger partial charge in [-0.25, -0.2) is 0 Å². The molecule has 0 aromatic heterocycles. The van der Waals surface area contributed by atoms with Crippen LogP contribution in [0.5, 0.6) is 17.2 Å².